The molecular weight excluding hydrogens is 1070 g/mol. The highest BCUT2D eigenvalue weighted by atomic mass is 16.4. The van der Waals surface area contributed by atoms with E-state index in [4.69, 9.17) is 0 Å². The zero-order chi connectivity index (χ0) is 59.8. The van der Waals surface area contributed by atoms with E-state index in [0.717, 1.165) is 22.3 Å². The highest BCUT2D eigenvalue weighted by molar-refractivity contribution is 6.23. The van der Waals surface area contributed by atoms with E-state index in [1.165, 1.54) is 47.7 Å². The van der Waals surface area contributed by atoms with Crippen LogP contribution in [0.5, 0.6) is 0 Å². The summed E-state index contributed by atoms with van der Waals surface area (Å²) in [4.78, 5) is 100. The Morgan fingerprint density at radius 3 is 1.16 bits per heavy atom. The Kier molecular flexibility index (Phi) is 20.3. The first-order valence-corrected chi connectivity index (χ1v) is 29.2. The molecule has 0 atom stereocenters. The fourth-order valence-corrected chi connectivity index (χ4v) is 11.3. The lowest BCUT2D eigenvalue weighted by molar-refractivity contribution is -0.307. The van der Waals surface area contributed by atoms with Crippen molar-refractivity contribution in [2.24, 2.45) is 4.99 Å². The van der Waals surface area contributed by atoms with Gasteiger partial charge in [-0.25, -0.2) is 0 Å². The zero-order valence-corrected chi connectivity index (χ0v) is 47.5. The molecule has 7 aliphatic rings. The molecule has 0 spiro atoms. The number of carboxylic acid groups (broad SMARTS) is 3. The number of benzene rings is 8. The predicted molar refractivity (Wildman–Crippen MR) is 325 cm³/mol. The van der Waals surface area contributed by atoms with Crippen LogP contribution in [-0.4, -0.2) is 85.3 Å². The van der Waals surface area contributed by atoms with Crippen molar-refractivity contribution in [3.05, 3.63) is 179 Å². The molecule has 7 heterocycles. The van der Waals surface area contributed by atoms with Crippen LogP contribution in [0.15, 0.2) is 157 Å². The molecule has 438 valence electrons. The van der Waals surface area contributed by atoms with Gasteiger partial charge < -0.3 is 54.6 Å². The summed E-state index contributed by atoms with van der Waals surface area (Å²) in [6.45, 7) is 0.973. The summed E-state index contributed by atoms with van der Waals surface area (Å²) < 4.78 is 0. The summed E-state index contributed by atoms with van der Waals surface area (Å²) in [5.74, 6) is -5.43. The van der Waals surface area contributed by atoms with Gasteiger partial charge >= 0.3 is 5.97 Å². The van der Waals surface area contributed by atoms with Crippen molar-refractivity contribution >= 4 is 103 Å². The highest BCUT2D eigenvalue weighted by Crippen LogP contribution is 2.36. The largest absolute Gasteiger partial charge is 0.862 e. The maximum atomic E-state index is 14.3. The Hall–Kier alpha value is -9.44. The van der Waals surface area contributed by atoms with Crippen molar-refractivity contribution in [1.82, 2.24) is 0 Å². The minimum atomic E-state index is -1.35. The molecule has 0 unspecified atom stereocenters. The molecular formula is C69H68N5O11-3. The predicted octanol–water partition coefficient (Wildman–Crippen LogP) is 8.47. The third-order valence-electron chi connectivity index (χ3n) is 15.7. The maximum absolute atomic E-state index is 14.3. The van der Waals surface area contributed by atoms with E-state index in [1.54, 1.807) is 34.1 Å². The summed E-state index contributed by atoms with van der Waals surface area (Å²) in [6, 6.07) is 49.0. The van der Waals surface area contributed by atoms with E-state index in [2.05, 4.69) is 59.6 Å². The molecule has 8 aromatic rings. The normalized spacial score (nSPS) is 14.0. The molecule has 7 aliphatic heterocycles. The summed E-state index contributed by atoms with van der Waals surface area (Å²) in [7, 11) is 0. The Bertz CT molecular complexity index is 3680. The number of rotatable bonds is 16. The van der Waals surface area contributed by atoms with Crippen molar-refractivity contribution in [3.8, 4) is 0 Å². The molecule has 0 fully saturated rings. The van der Waals surface area contributed by atoms with Gasteiger partial charge in [0.15, 0.2) is 0 Å². The van der Waals surface area contributed by atoms with Crippen molar-refractivity contribution < 1.29 is 54.0 Å². The summed E-state index contributed by atoms with van der Waals surface area (Å²) >= 11 is 0. The number of aryl methyl sites for hydroxylation is 1. The van der Waals surface area contributed by atoms with Crippen LogP contribution in [0.2, 0.25) is 0 Å². The van der Waals surface area contributed by atoms with Crippen LogP contribution in [0, 0.1) is 0 Å². The third kappa shape index (κ3) is 16.0. The number of hydrogen-bond donors (Lipinski definition) is 1. The van der Waals surface area contributed by atoms with Crippen LogP contribution in [0.3, 0.4) is 0 Å². The third-order valence-corrected chi connectivity index (χ3v) is 15.7. The summed E-state index contributed by atoms with van der Waals surface area (Å²) in [5.41, 5.74) is 7.19. The van der Waals surface area contributed by atoms with Gasteiger partial charge in [-0.1, -0.05) is 103 Å². The molecule has 8 aromatic carbocycles. The molecule has 4 amide bonds. The highest BCUT2D eigenvalue weighted by Gasteiger charge is 2.22. The molecule has 8 bridgehead atoms. The standard InChI is InChI=1S/C69H71N5O11/c75-60(10-6-7-51-19-20-54-22-21-52-8-5-9-53-23-32-59(51)69(54)68(52)53)70-40-39-64(79)74-44-4-3-43-73(63(78)35-38-67(84)85)57-28-13-48(14-29-57)45-47-11-24-55(25-12-47)71(61(76)33-36-65(80)81)41-1-2-42-72(62(77)34-37-66(82)83)56-26-15-49(16-27-56)46-50-17-30-58(74)31-18-50/h5,8-9,11-32H,1-4,6-7,10,33-46H2,(H,70,75)(H,80,81)(H,82,83)(H,84,85)/p-3. The van der Waals surface area contributed by atoms with E-state index in [-0.39, 0.29) is 89.0 Å². The van der Waals surface area contributed by atoms with Gasteiger partial charge in [-0.15, -0.1) is 0 Å². The fourth-order valence-electron chi connectivity index (χ4n) is 11.3. The molecule has 0 radical (unpaired) electrons. The number of carbonyl (C=O) groups excluding carboxylic acids is 6. The first kappa shape index (κ1) is 60.2. The van der Waals surface area contributed by atoms with Gasteiger partial charge in [-0.3, -0.25) is 24.0 Å². The van der Waals surface area contributed by atoms with Crippen LogP contribution in [0.25, 0.3) is 32.3 Å². The van der Waals surface area contributed by atoms with E-state index in [1.807, 2.05) is 72.8 Å². The molecule has 0 aliphatic carbocycles. The lowest BCUT2D eigenvalue weighted by Gasteiger charge is -2.26. The second-order valence-corrected chi connectivity index (χ2v) is 21.7. The number of hydrogen-bond acceptors (Lipinski definition) is 11. The monoisotopic (exact) mass is 1140 g/mol. The van der Waals surface area contributed by atoms with Crippen LogP contribution in [0.1, 0.15) is 111 Å². The number of anilines is 4. The van der Waals surface area contributed by atoms with Crippen LogP contribution < -0.4 is 34.9 Å². The number of amides is 4. The first-order valence-electron chi connectivity index (χ1n) is 29.2. The van der Waals surface area contributed by atoms with Gasteiger partial charge in [0.25, 0.3) is 0 Å². The second kappa shape index (κ2) is 28.7. The quantitative estimate of drug-likeness (QED) is 0.0547. The average molecular weight is 1140 g/mol. The Morgan fingerprint density at radius 2 is 0.765 bits per heavy atom. The van der Waals surface area contributed by atoms with Gasteiger partial charge in [0.1, 0.15) is 0 Å². The van der Waals surface area contributed by atoms with E-state index < -0.39 is 42.6 Å². The maximum Gasteiger partial charge on any atom is 0.303 e. The van der Waals surface area contributed by atoms with Crippen molar-refractivity contribution in [2.75, 3.05) is 52.3 Å². The molecule has 0 saturated carbocycles. The van der Waals surface area contributed by atoms with E-state index >= 15 is 0 Å². The minimum Gasteiger partial charge on any atom is -0.862 e. The molecule has 15 rings (SSSR count). The Morgan fingerprint density at radius 1 is 0.400 bits per heavy atom. The molecule has 16 nitrogen and oxygen atoms in total. The molecule has 0 saturated heterocycles. The summed E-state index contributed by atoms with van der Waals surface area (Å²) in [6.07, 6.45) is 2.31. The zero-order valence-electron chi connectivity index (χ0n) is 47.5. The second-order valence-electron chi connectivity index (χ2n) is 21.7. The minimum absolute atomic E-state index is 0.0112. The Balaban J connectivity index is 0.929. The summed E-state index contributed by atoms with van der Waals surface area (Å²) in [5, 5.41) is 52.7. The van der Waals surface area contributed by atoms with Gasteiger partial charge in [-0.2, -0.15) is 0 Å². The van der Waals surface area contributed by atoms with E-state index in [9.17, 15) is 54.0 Å². The molecule has 1 N–H and O–H groups in total. The number of carbonyl (C=O) groups is 7. The topological polar surface area (TPSA) is 234 Å². The Labute approximate surface area is 494 Å². The van der Waals surface area contributed by atoms with Gasteiger partial charge in [0.05, 0.1) is 6.42 Å². The molecule has 85 heavy (non-hydrogen) atoms. The van der Waals surface area contributed by atoms with Crippen molar-refractivity contribution in [1.29, 1.82) is 0 Å². The first-order chi connectivity index (χ1) is 41.2. The van der Waals surface area contributed by atoms with E-state index in [0.29, 0.717) is 74.1 Å². The lowest BCUT2D eigenvalue weighted by atomic mass is 9.90. The van der Waals surface area contributed by atoms with Crippen molar-refractivity contribution in [2.45, 2.75) is 103 Å². The number of carboxylic acids is 3. The van der Waals surface area contributed by atoms with Crippen LogP contribution >= 0.6 is 0 Å². The molecule has 0 aromatic heterocycles. The lowest BCUT2D eigenvalue weighted by Crippen LogP contribution is -2.35. The smallest absolute Gasteiger partial charge is 0.303 e. The van der Waals surface area contributed by atoms with Gasteiger partial charge in [0.2, 0.25) is 23.6 Å². The fraction of sp³-hybridized carbons (Fsp3) is 0.304. The number of nitrogens with zero attached hydrogens (tertiary/aromatic N) is 5. The average Bonchev–Trinajstić information content (AvgIpc) is 2.34. The van der Waals surface area contributed by atoms with Gasteiger partial charge in [0, 0.05) is 93.1 Å². The molecule has 16 heteroatoms. The van der Waals surface area contributed by atoms with Gasteiger partial charge in [-0.05, 0) is 185 Å². The number of aliphatic carboxylic acids is 3. The van der Waals surface area contributed by atoms with Crippen molar-refractivity contribution in [3.63, 3.8) is 0 Å². The van der Waals surface area contributed by atoms with Crippen LogP contribution in [0.4, 0.5) is 22.7 Å². The van der Waals surface area contributed by atoms with Crippen LogP contribution in [-0.2, 0) is 52.8 Å². The number of aliphatic imine (C=N–C) groups is 1. The SMILES string of the molecule is O=C([O-])CCC(=O)N1CCCCN(C(=O)CCC(=O)[O-])c2ccc(cc2)Cc2ccc(cc2)N(C(=O)CCC(=O)O)CCCCN(C(=O)CCN=C([O-])CCCc2ccc3ccc4cccc5ccc2c3c45)c2ccc(cc2)Cc2ccc1cc2.